The Morgan fingerprint density at radius 2 is 1.20 bits per heavy atom. The van der Waals surface area contributed by atoms with Crippen LogP contribution in [0.5, 0.6) is 0 Å². The van der Waals surface area contributed by atoms with E-state index in [2.05, 4.69) is 54.8 Å². The molecule has 301 valence electrons. The Morgan fingerprint density at radius 3 is 1.64 bits per heavy atom. The third kappa shape index (κ3) is 26.2. The molecule has 2 amide bonds. The summed E-state index contributed by atoms with van der Waals surface area (Å²) in [6.07, 6.45) is 5.02. The third-order valence-electron chi connectivity index (χ3n) is 6.94. The Balaban J connectivity index is 0. The molecule has 6 N–H and O–H groups in total. The molecule has 3 rings (SSSR count). The standard InChI is InChI=1S/C32H42N8O8S.3CO.Re/c33-47-48-49-28-11-9-25(10-12-28)37-30(42)22-40(24-32(45)46)18-17-39(23-31(43)44)21-29(41)36-15-5-6-16-38(19-26-7-1-3-13-34-26)20-27-8-2-4-14-35-27;3*1-2;/h1-4,7-14H,5-6,15-24,33H2,(H,36,41)(H,37,42)(H,43,44)(H,45,46);;;;. The van der Waals surface area contributed by atoms with Gasteiger partial charge < -0.3 is 20.8 Å². The van der Waals surface area contributed by atoms with Gasteiger partial charge in [-0.05, 0) is 67.9 Å². The van der Waals surface area contributed by atoms with Gasteiger partial charge in [0.25, 0.3) is 0 Å². The predicted molar refractivity (Wildman–Crippen MR) is 192 cm³/mol. The third-order valence-corrected chi connectivity index (χ3v) is 7.55. The van der Waals surface area contributed by atoms with E-state index >= 15 is 0 Å². The van der Waals surface area contributed by atoms with Gasteiger partial charge in [-0.1, -0.05) is 12.1 Å². The molecule has 2 heterocycles. The van der Waals surface area contributed by atoms with Crippen LogP contribution in [0.3, 0.4) is 0 Å². The van der Waals surface area contributed by atoms with E-state index in [1.54, 1.807) is 36.7 Å². The largest absolute Gasteiger partial charge is 0 e. The number of benzene rings is 1. The van der Waals surface area contributed by atoms with Crippen molar-refractivity contribution in [3.8, 4) is 0 Å². The molecule has 0 aliphatic heterocycles. The quantitative estimate of drug-likeness (QED) is 0.0213. The van der Waals surface area contributed by atoms with E-state index < -0.39 is 30.9 Å². The Labute approximate surface area is 342 Å². The average Bonchev–Trinajstić information content (AvgIpc) is 3.19. The first-order valence-corrected chi connectivity index (χ1v) is 16.8. The van der Waals surface area contributed by atoms with Gasteiger partial charge in [-0.2, -0.15) is 5.90 Å². The van der Waals surface area contributed by atoms with Crippen molar-refractivity contribution in [3.63, 3.8) is 0 Å². The molecule has 0 bridgehead atoms. The zero-order valence-electron chi connectivity index (χ0n) is 30.1. The minimum atomic E-state index is -1.16. The number of hydrogen-bond acceptors (Lipinski definition) is 13. The number of carboxylic acid groups (broad SMARTS) is 2. The molecule has 0 aliphatic carbocycles. The van der Waals surface area contributed by atoms with E-state index in [-0.39, 0.29) is 52.5 Å². The van der Waals surface area contributed by atoms with Crippen molar-refractivity contribution in [3.05, 3.63) is 104 Å². The molecule has 0 atom stereocenters. The Morgan fingerprint density at radius 1 is 0.696 bits per heavy atom. The van der Waals surface area contributed by atoms with Gasteiger partial charge in [0.2, 0.25) is 11.8 Å². The number of pyridine rings is 2. The van der Waals surface area contributed by atoms with Crippen LogP contribution < -0.4 is 16.5 Å². The van der Waals surface area contributed by atoms with Gasteiger partial charge in [0.05, 0.1) is 49.6 Å². The maximum absolute atomic E-state index is 12.7. The zero-order chi connectivity index (χ0) is 41.3. The van der Waals surface area contributed by atoms with Gasteiger partial charge in [-0.3, -0.25) is 43.8 Å². The topological polar surface area (TPSA) is 272 Å². The van der Waals surface area contributed by atoms with Gasteiger partial charge in [-0.15, -0.1) is 9.32 Å². The van der Waals surface area contributed by atoms with Crippen molar-refractivity contribution < 1.29 is 73.1 Å². The molecular formula is C35H42N8O11ReS. The molecule has 2 aromatic heterocycles. The van der Waals surface area contributed by atoms with E-state index in [1.165, 1.54) is 9.80 Å². The van der Waals surface area contributed by atoms with Crippen LogP contribution >= 0.6 is 12.0 Å². The van der Waals surface area contributed by atoms with Crippen molar-refractivity contribution in [2.75, 3.05) is 57.7 Å². The van der Waals surface area contributed by atoms with Crippen molar-refractivity contribution in [2.24, 2.45) is 5.90 Å². The van der Waals surface area contributed by atoms with Crippen LogP contribution in [0.4, 0.5) is 5.69 Å². The van der Waals surface area contributed by atoms with E-state index in [9.17, 15) is 29.4 Å². The molecule has 21 heteroatoms. The van der Waals surface area contributed by atoms with Gasteiger partial charge in [0, 0.05) is 76.1 Å². The molecule has 0 saturated carbocycles. The molecule has 1 radical (unpaired) electrons. The average molecular weight is 969 g/mol. The van der Waals surface area contributed by atoms with Crippen LogP contribution in [0.15, 0.2) is 78.0 Å². The van der Waals surface area contributed by atoms with E-state index in [0.29, 0.717) is 36.6 Å². The maximum Gasteiger partial charge on any atom is 0 e. The zero-order valence-corrected chi connectivity index (χ0v) is 33.6. The number of unbranched alkanes of at least 4 members (excludes halogenated alkanes) is 1. The van der Waals surface area contributed by atoms with Gasteiger partial charge in [-0.25, -0.2) is 0 Å². The fourth-order valence-electron chi connectivity index (χ4n) is 4.75. The fourth-order valence-corrected chi connectivity index (χ4v) is 5.12. The van der Waals surface area contributed by atoms with Crippen molar-refractivity contribution in [1.29, 1.82) is 0 Å². The van der Waals surface area contributed by atoms with Gasteiger partial charge in [0.1, 0.15) is 0 Å². The summed E-state index contributed by atoms with van der Waals surface area (Å²) in [4.78, 5) is 67.0. The molecular weight excluding hydrogens is 927 g/mol. The van der Waals surface area contributed by atoms with Gasteiger partial charge >= 0.3 is 45.8 Å². The summed E-state index contributed by atoms with van der Waals surface area (Å²) in [5, 5.41) is 24.3. The van der Waals surface area contributed by atoms with Crippen molar-refractivity contribution in [1.82, 2.24) is 30.0 Å². The van der Waals surface area contributed by atoms with Crippen LogP contribution in [-0.4, -0.2) is 111 Å². The first-order valence-electron chi connectivity index (χ1n) is 16.1. The number of carboxylic acids is 2. The summed E-state index contributed by atoms with van der Waals surface area (Å²) in [6, 6.07) is 18.1. The van der Waals surface area contributed by atoms with E-state index in [0.717, 1.165) is 36.4 Å². The summed E-state index contributed by atoms with van der Waals surface area (Å²) in [7, 11) is 0. The predicted octanol–water partition coefficient (Wildman–Crippen LogP) is 1.50. The SMILES string of the molecule is NOOSc1ccc(NC(=O)CN(CCN(CC(=O)O)CC(=O)NCCCCN(Cc2ccccn2)Cc2ccccn2)CC(=O)O)cc1.[C-]#[O+].[C-]#[O+].[C-]#[O+].[Re]. The first kappa shape index (κ1) is 53.5. The molecule has 1 aromatic carbocycles. The summed E-state index contributed by atoms with van der Waals surface area (Å²) in [5.41, 5.74) is 2.36. The Hall–Kier alpha value is -4.61. The summed E-state index contributed by atoms with van der Waals surface area (Å²) in [5.74, 6) is 1.70. The second-order valence-corrected chi connectivity index (χ2v) is 11.7. The molecule has 0 aliphatic rings. The number of nitrogens with zero attached hydrogens (tertiary/aromatic N) is 5. The number of aromatic nitrogens is 2. The maximum atomic E-state index is 12.7. The summed E-state index contributed by atoms with van der Waals surface area (Å²) in [6.45, 7) is 14.7. The smallest absolute Gasteiger partial charge is 0 e. The Kier molecular flexibility index (Phi) is 33.3. The number of anilines is 1. The van der Waals surface area contributed by atoms with Crippen LogP contribution in [0.25, 0.3) is 0 Å². The second-order valence-electron chi connectivity index (χ2n) is 10.9. The van der Waals surface area contributed by atoms with Crippen LogP contribution in [0.1, 0.15) is 24.2 Å². The number of amides is 2. The summed E-state index contributed by atoms with van der Waals surface area (Å²) < 4.78 is 27.1. The number of carbonyl (C=O) groups is 4. The van der Waals surface area contributed by atoms with E-state index in [4.69, 9.17) is 19.9 Å². The Bertz CT molecular complexity index is 1540. The fraction of sp³-hybridized carbons (Fsp3) is 0.343. The molecule has 0 saturated heterocycles. The number of nitrogens with one attached hydrogen (secondary N) is 2. The number of carbonyl (C=O) groups excluding carboxylic acids is 2. The number of hydrogen-bond donors (Lipinski definition) is 5. The van der Waals surface area contributed by atoms with Crippen LogP contribution in [0, 0.1) is 20.0 Å². The molecule has 0 fully saturated rings. The summed E-state index contributed by atoms with van der Waals surface area (Å²) >= 11 is 0.876. The van der Waals surface area contributed by atoms with E-state index in [1.807, 2.05) is 36.4 Å². The van der Waals surface area contributed by atoms with Crippen LogP contribution in [0.2, 0.25) is 0 Å². The minimum Gasteiger partial charge on any atom is 0 e. The number of aliphatic carboxylic acids is 2. The molecule has 0 unspecified atom stereocenters. The molecule has 3 aromatic rings. The normalized spacial score (nSPS) is 9.89. The minimum absolute atomic E-state index is 0. The number of rotatable bonds is 24. The van der Waals surface area contributed by atoms with Gasteiger partial charge in [0.15, 0.2) is 0 Å². The monoisotopic (exact) mass is 969 g/mol. The number of nitrogens with two attached hydrogens (primary N) is 1. The second kappa shape index (κ2) is 34.9. The first-order chi connectivity index (χ1) is 26.7. The molecule has 56 heavy (non-hydrogen) atoms. The molecule has 0 spiro atoms. The van der Waals surface area contributed by atoms with Crippen molar-refractivity contribution >= 4 is 41.5 Å². The molecule has 19 nitrogen and oxygen atoms in total. The van der Waals surface area contributed by atoms with Crippen molar-refractivity contribution in [2.45, 2.75) is 30.8 Å². The van der Waals surface area contributed by atoms with Crippen LogP contribution in [-0.2, 0) is 76.0 Å².